The summed E-state index contributed by atoms with van der Waals surface area (Å²) in [5.74, 6) is -2.49. The minimum Gasteiger partial charge on any atom is -0.505 e. The van der Waals surface area contributed by atoms with Gasteiger partial charge in [0.15, 0.2) is 17.4 Å². The number of nitrogens with zero attached hydrogens (tertiary/aromatic N) is 9. The lowest BCUT2D eigenvalue weighted by atomic mass is 10.1. The van der Waals surface area contributed by atoms with E-state index in [4.69, 9.17) is 51.3 Å². The Kier molecular flexibility index (Phi) is 34.8. The number of likely N-dealkylation sites (N-methyl/N-ethyl adjacent to an activating group) is 4. The van der Waals surface area contributed by atoms with Crippen molar-refractivity contribution in [2.75, 3.05) is 152 Å². The number of aliphatic hydroxyl groups excluding tert-OH is 9. The molecule has 18 N–H and O–H groups in total. The van der Waals surface area contributed by atoms with E-state index in [1.54, 1.807) is 0 Å². The lowest BCUT2D eigenvalue weighted by Gasteiger charge is -2.13. The number of aromatic hydroxyl groups is 2. The Balaban J connectivity index is 0.000000766. The van der Waals surface area contributed by atoms with Crippen LogP contribution in [0.1, 0.15) is 6.92 Å². The minimum atomic E-state index is -5.30. The van der Waals surface area contributed by atoms with Gasteiger partial charge in [0.25, 0.3) is 40.5 Å². The normalized spacial score (nSPS) is 12.2. The molecule has 0 amide bonds. The average molecular weight is 1410 g/mol. The zero-order valence-corrected chi connectivity index (χ0v) is 55.2. The molecule has 0 bridgehead atoms. The number of nitrogens with one attached hydrogen (secondary N) is 1. The predicted molar refractivity (Wildman–Crippen MR) is 348 cm³/mol. The van der Waals surface area contributed by atoms with Crippen molar-refractivity contribution in [2.24, 2.45) is 25.4 Å². The van der Waals surface area contributed by atoms with Gasteiger partial charge in [0.1, 0.15) is 48.1 Å². The number of hydrogen-bond donors (Lipinski definition) is 17. The summed E-state index contributed by atoms with van der Waals surface area (Å²) in [5.41, 5.74) is 2.73. The molecule has 0 saturated heterocycles. The third-order valence-corrected chi connectivity index (χ3v) is 15.9. The molecule has 6 aromatic rings. The molecule has 6 aromatic carbocycles. The van der Waals surface area contributed by atoms with Gasteiger partial charge >= 0.3 is 0 Å². The first-order valence-corrected chi connectivity index (χ1v) is 33.3. The number of aliphatic hydroxyl groups is 9. The molecule has 35 nitrogen and oxygen atoms in total. The molecule has 0 radical (unpaired) electrons. The number of anilines is 3. The highest BCUT2D eigenvalue weighted by Crippen LogP contribution is 2.46. The highest BCUT2D eigenvalue weighted by atomic mass is 32.2. The zero-order valence-electron chi connectivity index (χ0n) is 51.9. The number of phenols is 2. The monoisotopic (exact) mass is 1410 g/mol. The number of hydrogen-bond acceptors (Lipinski definition) is 30. The Labute approximate surface area is 542 Å². The van der Waals surface area contributed by atoms with Crippen molar-refractivity contribution >= 4 is 113 Å². The van der Waals surface area contributed by atoms with Gasteiger partial charge in [-0.3, -0.25) is 18.2 Å². The van der Waals surface area contributed by atoms with Crippen LogP contribution in [0.25, 0.3) is 21.5 Å². The van der Waals surface area contributed by atoms with Crippen LogP contribution in [0.15, 0.2) is 124 Å². The number of nitrogen functional groups attached to an aromatic ring is 1. The van der Waals surface area contributed by atoms with E-state index < -0.39 is 100 Å². The Hall–Kier alpha value is -7.33. The summed E-state index contributed by atoms with van der Waals surface area (Å²) in [5, 5.41) is 116. The van der Waals surface area contributed by atoms with Gasteiger partial charge in [0.05, 0.1) is 71.3 Å². The Morgan fingerprint density at radius 2 is 0.840 bits per heavy atom. The van der Waals surface area contributed by atoms with E-state index in [-0.39, 0.29) is 103 Å². The van der Waals surface area contributed by atoms with Crippen LogP contribution in [-0.4, -0.2) is 274 Å². The number of azo groups is 2. The molecule has 0 fully saturated rings. The van der Waals surface area contributed by atoms with Crippen molar-refractivity contribution in [1.82, 2.24) is 19.6 Å². The van der Waals surface area contributed by atoms with Crippen LogP contribution in [-0.2, 0) is 40.5 Å². The second-order valence-electron chi connectivity index (χ2n) is 19.8. The first-order valence-electron chi connectivity index (χ1n) is 27.6. The first kappa shape index (κ1) is 82.8. The first-order chi connectivity index (χ1) is 44.0. The van der Waals surface area contributed by atoms with Crippen LogP contribution in [0.5, 0.6) is 17.2 Å². The van der Waals surface area contributed by atoms with E-state index in [9.17, 15) is 67.2 Å². The summed E-state index contributed by atoms with van der Waals surface area (Å²) in [6, 6.07) is 14.7. The highest BCUT2D eigenvalue weighted by Gasteiger charge is 2.26. The molecule has 6 rings (SSSR count). The Morgan fingerprint density at radius 3 is 1.23 bits per heavy atom. The van der Waals surface area contributed by atoms with Crippen LogP contribution in [0, 0.1) is 0 Å². The fraction of sp³-hybridized carbons (Fsp3) is 0.400. The van der Waals surface area contributed by atoms with Gasteiger partial charge < -0.3 is 91.6 Å². The average Bonchev–Trinajstić information content (AvgIpc) is 0.775. The van der Waals surface area contributed by atoms with Gasteiger partial charge in [-0.05, 0) is 106 Å². The minimum absolute atomic E-state index is 0.0386. The van der Waals surface area contributed by atoms with Crippen molar-refractivity contribution in [2.45, 2.75) is 26.5 Å². The van der Waals surface area contributed by atoms with Gasteiger partial charge in [-0.25, -0.2) is 4.99 Å². The molecule has 0 spiro atoms. The topological polar surface area (TPSA) is 562 Å². The maximum atomic E-state index is 12.6. The third-order valence-electron chi connectivity index (χ3n) is 12.4. The Morgan fingerprint density at radius 1 is 0.457 bits per heavy atom. The van der Waals surface area contributed by atoms with Crippen molar-refractivity contribution in [3.8, 4) is 17.2 Å². The molecule has 0 aliphatic heterocycles. The number of phenolic OH excluding ortho intramolecular Hbond substituents is 2. The summed E-state index contributed by atoms with van der Waals surface area (Å²) >= 11 is 0. The number of benzene rings is 6. The molecule has 0 aliphatic carbocycles. The van der Waals surface area contributed by atoms with Crippen molar-refractivity contribution in [3.05, 3.63) is 78.9 Å². The fourth-order valence-electron chi connectivity index (χ4n) is 7.69. The van der Waals surface area contributed by atoms with Gasteiger partial charge in [0, 0.05) is 87.5 Å². The number of nitrogens with two attached hydrogens (primary N) is 1. The van der Waals surface area contributed by atoms with E-state index in [1.807, 2.05) is 47.8 Å². The molecular formula is C55H81N11O24S4. The molecule has 0 atom stereocenters. The lowest BCUT2D eigenvalue weighted by molar-refractivity contribution is 0.184. The smallest absolute Gasteiger partial charge is 0.296 e. The fourth-order valence-corrected chi connectivity index (χ4v) is 10.3. The van der Waals surface area contributed by atoms with Crippen LogP contribution in [0.2, 0.25) is 0 Å². The van der Waals surface area contributed by atoms with Crippen molar-refractivity contribution < 1.29 is 113 Å². The molecule has 0 heterocycles. The standard InChI is InChI=1S/C35H29N7O16S4.4C5H13NO2/c1-16(43)37-20-4-3-17-10-30(61(52,53)54)33(35(45)23(17)12-20)41-39-25-15-29(60(49,50)51)26(14-27(25)58-2)40-42-32-31(62(55,56)57)11-18-9-19(5-7-22(18)34(32)44)38-21-6-8-24(36)28(13-21)59(46,47)48;4*1-6(2-4-7)3-5-8/h3-15,38,44-45H,36H2,1-2H3,(H,37,43)(H,46,47,48)(H,49,50,51)(H,52,53,54)(H,55,56,57);4*7-8H,2-5H2,1H3. The molecule has 0 aromatic heterocycles. The molecular weight excluding hydrogens is 1330 g/mol. The molecule has 0 unspecified atom stereocenters. The Bertz CT molecular complexity index is 3920. The number of fused-ring (bicyclic) bond motifs is 2. The van der Waals surface area contributed by atoms with Gasteiger partial charge in [0.2, 0.25) is 0 Å². The van der Waals surface area contributed by atoms with Crippen LogP contribution in [0.4, 0.5) is 45.5 Å². The SMILES string of the molecule is CN(CCO)CCO.CN(CCO)CCO.CN(CCO)CCO.CN(CCO)CCO.COc1cc(N=Nc2c(S(=O)(=O)O)cc3cc(Nc4ccc(N)c(S(=O)(=O)O)c4)ccc3c2O)c(S(=O)(=O)O)cc1N=Nc1c(S(=O)(=O)O)cc2ccc(N=C(C)O)cc2c1O. The predicted octanol–water partition coefficient (Wildman–Crippen LogP) is 2.78. The molecule has 39 heteroatoms. The van der Waals surface area contributed by atoms with Crippen molar-refractivity contribution in [1.29, 1.82) is 0 Å². The summed E-state index contributed by atoms with van der Waals surface area (Å²) in [6.45, 7) is 7.69. The number of rotatable bonds is 28. The van der Waals surface area contributed by atoms with E-state index in [2.05, 4.69) is 30.8 Å². The number of ether oxygens (including phenoxy) is 1. The van der Waals surface area contributed by atoms with Crippen LogP contribution < -0.4 is 15.8 Å². The summed E-state index contributed by atoms with van der Waals surface area (Å²) in [6.07, 6.45) is 0. The number of methoxy groups -OCH3 is 1. The molecule has 0 saturated carbocycles. The maximum absolute atomic E-state index is 12.6. The summed E-state index contributed by atoms with van der Waals surface area (Å²) < 4.78 is 143. The van der Waals surface area contributed by atoms with Gasteiger partial charge in [-0.1, -0.05) is 6.07 Å². The molecule has 94 heavy (non-hydrogen) atoms. The number of aliphatic imine (C=N–C) groups is 1. The van der Waals surface area contributed by atoms with E-state index >= 15 is 0 Å². The third kappa shape index (κ3) is 27.2. The van der Waals surface area contributed by atoms with Crippen molar-refractivity contribution in [3.63, 3.8) is 0 Å². The summed E-state index contributed by atoms with van der Waals surface area (Å²) in [7, 11) is -11.9. The van der Waals surface area contributed by atoms with Gasteiger partial charge in [-0.2, -0.15) is 33.7 Å². The van der Waals surface area contributed by atoms with Gasteiger partial charge in [-0.15, -0.1) is 20.5 Å². The maximum Gasteiger partial charge on any atom is 0.296 e. The zero-order chi connectivity index (χ0) is 71.3. The van der Waals surface area contributed by atoms with E-state index in [0.717, 1.165) is 31.4 Å². The highest BCUT2D eigenvalue weighted by molar-refractivity contribution is 7.86. The quantitative estimate of drug-likeness (QED) is 0.0110. The largest absolute Gasteiger partial charge is 0.505 e. The summed E-state index contributed by atoms with van der Waals surface area (Å²) in [4.78, 5) is 7.63. The molecule has 524 valence electrons. The van der Waals surface area contributed by atoms with E-state index in [1.165, 1.54) is 55.5 Å². The lowest BCUT2D eigenvalue weighted by Crippen LogP contribution is -2.25. The second kappa shape index (κ2) is 39.5. The second-order valence-corrected chi connectivity index (χ2v) is 25.4. The van der Waals surface area contributed by atoms with Crippen LogP contribution in [0.3, 0.4) is 0 Å². The van der Waals surface area contributed by atoms with E-state index in [0.29, 0.717) is 58.4 Å². The van der Waals surface area contributed by atoms with Crippen LogP contribution >= 0.6 is 0 Å². The molecule has 0 aliphatic rings.